The van der Waals surface area contributed by atoms with Gasteiger partial charge in [0.1, 0.15) is 11.5 Å². The Balaban J connectivity index is 0.00000192. The Labute approximate surface area is 143 Å². The zero-order valence-electron chi connectivity index (χ0n) is 13.1. The molecule has 4 heteroatoms. The lowest BCUT2D eigenvalue weighted by Gasteiger charge is -2.29. The van der Waals surface area contributed by atoms with Crippen LogP contribution >= 0.6 is 12.4 Å². The number of halogens is 1. The number of para-hydroxylation sites is 2. The molecule has 0 spiro atoms. The van der Waals surface area contributed by atoms with E-state index >= 15 is 0 Å². The van der Waals surface area contributed by atoms with Gasteiger partial charge in [-0.2, -0.15) is 0 Å². The summed E-state index contributed by atoms with van der Waals surface area (Å²) in [5.74, 6) is 0.594. The van der Waals surface area contributed by atoms with Crippen LogP contribution in [0.5, 0.6) is 11.5 Å². The van der Waals surface area contributed by atoms with Crippen molar-refractivity contribution in [3.63, 3.8) is 0 Å². The van der Waals surface area contributed by atoms with E-state index in [0.29, 0.717) is 17.5 Å². The van der Waals surface area contributed by atoms with E-state index in [1.54, 1.807) is 12.1 Å². The summed E-state index contributed by atoms with van der Waals surface area (Å²) in [6.07, 6.45) is 4.51. The van der Waals surface area contributed by atoms with Gasteiger partial charge >= 0.3 is 0 Å². The maximum atomic E-state index is 10.3. The Hall–Kier alpha value is -1.71. The largest absolute Gasteiger partial charge is 0.508 e. The SMILES string of the molecule is Cl.Oc1ccccc1C(CC1CCCCN1)c1ccccc1O. The topological polar surface area (TPSA) is 52.5 Å². The summed E-state index contributed by atoms with van der Waals surface area (Å²) in [6.45, 7) is 1.05. The first-order valence-electron chi connectivity index (χ1n) is 8.05. The highest BCUT2D eigenvalue weighted by molar-refractivity contribution is 5.85. The van der Waals surface area contributed by atoms with Gasteiger partial charge in [0.2, 0.25) is 0 Å². The minimum absolute atomic E-state index is 0. The molecule has 23 heavy (non-hydrogen) atoms. The Morgan fingerprint density at radius 2 is 1.48 bits per heavy atom. The number of phenolic OH excluding ortho intramolecular Hbond substituents is 2. The van der Waals surface area contributed by atoms with Crippen molar-refractivity contribution in [3.8, 4) is 11.5 Å². The summed E-state index contributed by atoms with van der Waals surface area (Å²) in [5, 5.41) is 24.1. The van der Waals surface area contributed by atoms with E-state index in [0.717, 1.165) is 30.5 Å². The number of hydrogen-bond donors (Lipinski definition) is 3. The molecule has 2 aromatic rings. The molecule has 3 nitrogen and oxygen atoms in total. The van der Waals surface area contributed by atoms with Crippen molar-refractivity contribution in [2.45, 2.75) is 37.6 Å². The number of benzene rings is 2. The van der Waals surface area contributed by atoms with Gasteiger partial charge in [0.05, 0.1) is 0 Å². The number of phenols is 2. The number of nitrogens with one attached hydrogen (secondary N) is 1. The first kappa shape index (κ1) is 17.6. The molecule has 1 saturated heterocycles. The number of aromatic hydroxyl groups is 2. The van der Waals surface area contributed by atoms with E-state index in [4.69, 9.17) is 0 Å². The summed E-state index contributed by atoms with van der Waals surface area (Å²) in [6, 6.07) is 15.3. The average molecular weight is 334 g/mol. The van der Waals surface area contributed by atoms with Crippen molar-refractivity contribution in [3.05, 3.63) is 59.7 Å². The number of piperidine rings is 1. The second-order valence-corrected chi connectivity index (χ2v) is 6.05. The quantitative estimate of drug-likeness (QED) is 0.786. The predicted molar refractivity (Wildman–Crippen MR) is 95.6 cm³/mol. The molecule has 1 atom stereocenters. The van der Waals surface area contributed by atoms with Gasteiger partial charge in [-0.05, 0) is 37.9 Å². The summed E-state index contributed by atoms with van der Waals surface area (Å²) < 4.78 is 0. The lowest BCUT2D eigenvalue weighted by atomic mass is 9.83. The Bertz CT molecular complexity index is 581. The smallest absolute Gasteiger partial charge is 0.119 e. The van der Waals surface area contributed by atoms with Gasteiger partial charge in [-0.25, -0.2) is 0 Å². The fourth-order valence-corrected chi connectivity index (χ4v) is 3.40. The Kier molecular flexibility index (Phi) is 6.31. The maximum Gasteiger partial charge on any atom is 0.119 e. The molecule has 3 rings (SSSR count). The molecule has 1 heterocycles. The van der Waals surface area contributed by atoms with E-state index in [1.807, 2.05) is 36.4 Å². The van der Waals surface area contributed by atoms with Crippen molar-refractivity contribution in [2.24, 2.45) is 0 Å². The third-order valence-corrected chi connectivity index (χ3v) is 4.56. The molecule has 1 fully saturated rings. The summed E-state index contributed by atoms with van der Waals surface area (Å²) in [7, 11) is 0. The van der Waals surface area contributed by atoms with E-state index in [1.165, 1.54) is 12.8 Å². The van der Waals surface area contributed by atoms with Crippen LogP contribution in [0.3, 0.4) is 0 Å². The molecule has 0 aromatic heterocycles. The molecular weight excluding hydrogens is 310 g/mol. The average Bonchev–Trinajstić information content (AvgIpc) is 2.55. The van der Waals surface area contributed by atoms with E-state index in [-0.39, 0.29) is 18.3 Å². The highest BCUT2D eigenvalue weighted by Gasteiger charge is 2.25. The standard InChI is InChI=1S/C19H23NO2.ClH/c21-18-10-3-1-8-15(18)17(13-14-7-5-6-12-20-14)16-9-2-4-11-19(16)22;/h1-4,8-11,14,17,20-22H,5-7,12-13H2;1H. The van der Waals surface area contributed by atoms with E-state index in [9.17, 15) is 10.2 Å². The summed E-state index contributed by atoms with van der Waals surface area (Å²) >= 11 is 0. The van der Waals surface area contributed by atoms with Crippen LogP contribution in [0.15, 0.2) is 48.5 Å². The predicted octanol–water partition coefficient (Wildman–Crippen LogP) is 4.18. The molecule has 0 saturated carbocycles. The highest BCUT2D eigenvalue weighted by Crippen LogP contribution is 2.39. The van der Waals surface area contributed by atoms with Crippen LogP contribution in [0.2, 0.25) is 0 Å². The first-order chi connectivity index (χ1) is 10.8. The van der Waals surface area contributed by atoms with Crippen LogP contribution in [0, 0.1) is 0 Å². The van der Waals surface area contributed by atoms with Crippen LogP contribution in [0.25, 0.3) is 0 Å². The third kappa shape index (κ3) is 4.18. The van der Waals surface area contributed by atoms with Crippen molar-refractivity contribution in [2.75, 3.05) is 6.54 Å². The monoisotopic (exact) mass is 333 g/mol. The van der Waals surface area contributed by atoms with Gasteiger partial charge in [0, 0.05) is 23.1 Å². The summed E-state index contributed by atoms with van der Waals surface area (Å²) in [5.41, 5.74) is 1.77. The van der Waals surface area contributed by atoms with Crippen LogP contribution in [-0.2, 0) is 0 Å². The molecule has 0 aliphatic carbocycles. The zero-order valence-corrected chi connectivity index (χ0v) is 13.9. The molecule has 124 valence electrons. The van der Waals surface area contributed by atoms with Crippen LogP contribution in [-0.4, -0.2) is 22.8 Å². The van der Waals surface area contributed by atoms with Gasteiger partial charge in [0.15, 0.2) is 0 Å². The molecule has 2 aromatic carbocycles. The Morgan fingerprint density at radius 1 is 0.913 bits per heavy atom. The van der Waals surface area contributed by atoms with Crippen molar-refractivity contribution in [1.82, 2.24) is 5.32 Å². The van der Waals surface area contributed by atoms with Gasteiger partial charge in [-0.1, -0.05) is 42.8 Å². The second-order valence-electron chi connectivity index (χ2n) is 6.05. The summed E-state index contributed by atoms with van der Waals surface area (Å²) in [4.78, 5) is 0. The fraction of sp³-hybridized carbons (Fsp3) is 0.368. The van der Waals surface area contributed by atoms with Crippen molar-refractivity contribution in [1.29, 1.82) is 0 Å². The van der Waals surface area contributed by atoms with E-state index in [2.05, 4.69) is 5.32 Å². The van der Waals surface area contributed by atoms with Crippen LogP contribution < -0.4 is 5.32 Å². The van der Waals surface area contributed by atoms with Crippen molar-refractivity contribution < 1.29 is 10.2 Å². The highest BCUT2D eigenvalue weighted by atomic mass is 35.5. The molecule has 1 aliphatic heterocycles. The first-order valence-corrected chi connectivity index (χ1v) is 8.05. The van der Waals surface area contributed by atoms with Gasteiger partial charge < -0.3 is 15.5 Å². The van der Waals surface area contributed by atoms with Gasteiger partial charge in [-0.3, -0.25) is 0 Å². The lowest BCUT2D eigenvalue weighted by Crippen LogP contribution is -2.35. The molecule has 0 bridgehead atoms. The van der Waals surface area contributed by atoms with Crippen molar-refractivity contribution >= 4 is 12.4 Å². The van der Waals surface area contributed by atoms with Gasteiger partial charge in [0.25, 0.3) is 0 Å². The second kappa shape index (κ2) is 8.23. The molecular formula is C19H24ClNO2. The van der Waals surface area contributed by atoms with E-state index < -0.39 is 0 Å². The number of hydrogen-bond acceptors (Lipinski definition) is 3. The minimum Gasteiger partial charge on any atom is -0.508 e. The lowest BCUT2D eigenvalue weighted by molar-refractivity contribution is 0.364. The molecule has 3 N–H and O–H groups in total. The van der Waals surface area contributed by atoms with Crippen LogP contribution in [0.4, 0.5) is 0 Å². The fourth-order valence-electron chi connectivity index (χ4n) is 3.40. The molecule has 1 aliphatic rings. The zero-order chi connectivity index (χ0) is 15.4. The van der Waals surface area contributed by atoms with Crippen LogP contribution in [0.1, 0.15) is 42.7 Å². The minimum atomic E-state index is -0.00185. The molecule has 0 radical (unpaired) electrons. The normalized spacial score (nSPS) is 17.7. The third-order valence-electron chi connectivity index (χ3n) is 4.56. The number of rotatable bonds is 4. The Morgan fingerprint density at radius 3 is 1.96 bits per heavy atom. The maximum absolute atomic E-state index is 10.3. The molecule has 0 amide bonds. The molecule has 1 unspecified atom stereocenters. The van der Waals surface area contributed by atoms with Gasteiger partial charge in [-0.15, -0.1) is 12.4 Å².